The van der Waals surface area contributed by atoms with Gasteiger partial charge in [0.2, 0.25) is 0 Å². The third-order valence-corrected chi connectivity index (χ3v) is 4.46. The zero-order valence-corrected chi connectivity index (χ0v) is 10.4. The highest BCUT2D eigenvalue weighted by molar-refractivity contribution is 5.78. The van der Waals surface area contributed by atoms with Gasteiger partial charge >= 0.3 is 5.97 Å². The first kappa shape index (κ1) is 11.9. The molecule has 0 spiro atoms. The Hall–Kier alpha value is -0.610. The molecule has 4 nitrogen and oxygen atoms in total. The van der Waals surface area contributed by atoms with Crippen LogP contribution >= 0.6 is 0 Å². The van der Waals surface area contributed by atoms with Crippen LogP contribution < -0.4 is 0 Å². The van der Waals surface area contributed by atoms with Crippen molar-refractivity contribution in [1.29, 1.82) is 0 Å². The molecule has 0 bridgehead atoms. The largest absolute Gasteiger partial charge is 0.480 e. The van der Waals surface area contributed by atoms with Crippen molar-refractivity contribution in [3.63, 3.8) is 0 Å². The normalized spacial score (nSPS) is 41.7. The summed E-state index contributed by atoms with van der Waals surface area (Å²) in [4.78, 5) is 15.9. The molecular formula is C12H22N2O2. The van der Waals surface area contributed by atoms with Crippen LogP contribution in [0.15, 0.2) is 0 Å². The van der Waals surface area contributed by atoms with E-state index < -0.39 is 11.5 Å². The van der Waals surface area contributed by atoms with Gasteiger partial charge in [0.25, 0.3) is 0 Å². The van der Waals surface area contributed by atoms with Crippen LogP contribution in [0, 0.1) is 0 Å². The van der Waals surface area contributed by atoms with Crippen LogP contribution in [0.1, 0.15) is 33.1 Å². The van der Waals surface area contributed by atoms with Gasteiger partial charge in [-0.3, -0.25) is 9.69 Å². The van der Waals surface area contributed by atoms with Crippen LogP contribution in [-0.4, -0.2) is 58.6 Å². The van der Waals surface area contributed by atoms with Gasteiger partial charge in [-0.25, -0.2) is 0 Å². The minimum absolute atomic E-state index is 0.420. The van der Waals surface area contributed by atoms with Crippen molar-refractivity contribution in [3.05, 3.63) is 0 Å². The van der Waals surface area contributed by atoms with Crippen molar-refractivity contribution < 1.29 is 9.90 Å². The average molecular weight is 226 g/mol. The number of carboxylic acids is 1. The zero-order valence-electron chi connectivity index (χ0n) is 10.4. The molecule has 0 aliphatic carbocycles. The van der Waals surface area contributed by atoms with Crippen molar-refractivity contribution in [2.45, 2.75) is 50.7 Å². The summed E-state index contributed by atoms with van der Waals surface area (Å²) in [5, 5.41) is 9.38. The second-order valence-corrected chi connectivity index (χ2v) is 5.55. The number of likely N-dealkylation sites (tertiary alicyclic amines) is 2. The predicted molar refractivity (Wildman–Crippen MR) is 62.5 cm³/mol. The van der Waals surface area contributed by atoms with E-state index in [0.29, 0.717) is 12.1 Å². The lowest BCUT2D eigenvalue weighted by Crippen LogP contribution is -2.53. The van der Waals surface area contributed by atoms with Crippen LogP contribution in [0.4, 0.5) is 0 Å². The molecule has 2 rings (SSSR count). The SMILES string of the molecule is CC1CC(N2CCCC2(C)C(=O)O)CN1C. The van der Waals surface area contributed by atoms with E-state index in [0.717, 1.165) is 32.4 Å². The Kier molecular flexibility index (Phi) is 2.97. The van der Waals surface area contributed by atoms with Gasteiger partial charge in [0.15, 0.2) is 0 Å². The second-order valence-electron chi connectivity index (χ2n) is 5.55. The van der Waals surface area contributed by atoms with Gasteiger partial charge in [0, 0.05) is 18.6 Å². The first-order valence-electron chi connectivity index (χ1n) is 6.15. The van der Waals surface area contributed by atoms with E-state index in [9.17, 15) is 9.90 Å². The summed E-state index contributed by atoms with van der Waals surface area (Å²) >= 11 is 0. The van der Waals surface area contributed by atoms with Gasteiger partial charge in [-0.05, 0) is 46.7 Å². The first-order chi connectivity index (χ1) is 7.45. The maximum absolute atomic E-state index is 11.4. The summed E-state index contributed by atoms with van der Waals surface area (Å²) in [6.07, 6.45) is 2.90. The number of aliphatic carboxylic acids is 1. The van der Waals surface area contributed by atoms with Gasteiger partial charge in [-0.15, -0.1) is 0 Å². The summed E-state index contributed by atoms with van der Waals surface area (Å²) < 4.78 is 0. The summed E-state index contributed by atoms with van der Waals surface area (Å²) in [7, 11) is 2.12. The highest BCUT2D eigenvalue weighted by atomic mass is 16.4. The third-order valence-electron chi connectivity index (χ3n) is 4.46. The van der Waals surface area contributed by atoms with Crippen LogP contribution in [0.25, 0.3) is 0 Å². The summed E-state index contributed by atoms with van der Waals surface area (Å²) in [5.41, 5.74) is -0.629. The molecule has 2 aliphatic rings. The van der Waals surface area contributed by atoms with Crippen LogP contribution in [0.3, 0.4) is 0 Å². The lowest BCUT2D eigenvalue weighted by atomic mass is 9.97. The Morgan fingerprint density at radius 2 is 2.19 bits per heavy atom. The third kappa shape index (κ3) is 1.74. The van der Waals surface area contributed by atoms with Crippen LogP contribution in [0.5, 0.6) is 0 Å². The van der Waals surface area contributed by atoms with Crippen molar-refractivity contribution in [2.24, 2.45) is 0 Å². The van der Waals surface area contributed by atoms with Crippen molar-refractivity contribution in [1.82, 2.24) is 9.80 Å². The first-order valence-corrected chi connectivity index (χ1v) is 6.15. The molecule has 0 aromatic heterocycles. The number of nitrogens with zero attached hydrogens (tertiary/aromatic N) is 2. The van der Waals surface area contributed by atoms with Gasteiger partial charge in [0.1, 0.15) is 5.54 Å². The van der Waals surface area contributed by atoms with E-state index in [1.54, 1.807) is 0 Å². The molecular weight excluding hydrogens is 204 g/mol. The highest BCUT2D eigenvalue weighted by Gasteiger charge is 2.48. The van der Waals surface area contributed by atoms with Gasteiger partial charge in [0.05, 0.1) is 0 Å². The summed E-state index contributed by atoms with van der Waals surface area (Å²) in [5.74, 6) is -0.660. The molecule has 3 atom stereocenters. The van der Waals surface area contributed by atoms with Gasteiger partial charge < -0.3 is 10.0 Å². The number of rotatable bonds is 2. The topological polar surface area (TPSA) is 43.8 Å². The van der Waals surface area contributed by atoms with E-state index in [1.807, 2.05) is 6.92 Å². The molecule has 2 saturated heterocycles. The highest BCUT2D eigenvalue weighted by Crippen LogP contribution is 2.34. The standard InChI is InChI=1S/C12H22N2O2/c1-9-7-10(8-13(9)3)14-6-4-5-12(14,2)11(15)16/h9-10H,4-8H2,1-3H3,(H,15,16). The smallest absolute Gasteiger partial charge is 0.323 e. The molecule has 1 N–H and O–H groups in total. The Bertz CT molecular complexity index is 285. The molecule has 0 radical (unpaired) electrons. The van der Waals surface area contributed by atoms with Crippen LogP contribution in [0.2, 0.25) is 0 Å². The molecule has 2 fully saturated rings. The number of hydrogen-bond acceptors (Lipinski definition) is 3. The Balaban J connectivity index is 2.12. The Morgan fingerprint density at radius 1 is 1.50 bits per heavy atom. The molecule has 0 aromatic carbocycles. The summed E-state index contributed by atoms with van der Waals surface area (Å²) in [6.45, 7) is 6.04. The van der Waals surface area contributed by atoms with E-state index in [1.165, 1.54) is 0 Å². The molecule has 92 valence electrons. The van der Waals surface area contributed by atoms with Crippen molar-refractivity contribution in [2.75, 3.05) is 20.1 Å². The fourth-order valence-electron chi connectivity index (χ4n) is 3.19. The Labute approximate surface area is 97.2 Å². The molecule has 4 heteroatoms. The monoisotopic (exact) mass is 226 g/mol. The maximum Gasteiger partial charge on any atom is 0.323 e. The number of carboxylic acid groups (broad SMARTS) is 1. The van der Waals surface area contributed by atoms with Gasteiger partial charge in [-0.2, -0.15) is 0 Å². The zero-order chi connectivity index (χ0) is 11.9. The molecule has 2 aliphatic heterocycles. The average Bonchev–Trinajstić information content (AvgIpc) is 2.73. The number of likely N-dealkylation sites (N-methyl/N-ethyl adjacent to an activating group) is 1. The molecule has 2 heterocycles. The fraction of sp³-hybridized carbons (Fsp3) is 0.917. The fourth-order valence-corrected chi connectivity index (χ4v) is 3.19. The molecule has 3 unspecified atom stereocenters. The quantitative estimate of drug-likeness (QED) is 0.763. The van der Waals surface area contributed by atoms with Crippen molar-refractivity contribution >= 4 is 5.97 Å². The van der Waals surface area contributed by atoms with E-state index in [4.69, 9.17) is 0 Å². The lowest BCUT2D eigenvalue weighted by molar-refractivity contribution is -0.149. The van der Waals surface area contributed by atoms with E-state index in [2.05, 4.69) is 23.8 Å². The van der Waals surface area contributed by atoms with Crippen LogP contribution in [-0.2, 0) is 4.79 Å². The van der Waals surface area contributed by atoms with Gasteiger partial charge in [-0.1, -0.05) is 0 Å². The molecule has 0 amide bonds. The Morgan fingerprint density at radius 3 is 2.69 bits per heavy atom. The molecule has 16 heavy (non-hydrogen) atoms. The number of hydrogen-bond donors (Lipinski definition) is 1. The van der Waals surface area contributed by atoms with E-state index in [-0.39, 0.29) is 0 Å². The molecule has 0 saturated carbocycles. The minimum Gasteiger partial charge on any atom is -0.480 e. The lowest BCUT2D eigenvalue weighted by Gasteiger charge is -2.35. The van der Waals surface area contributed by atoms with Crippen molar-refractivity contribution in [3.8, 4) is 0 Å². The summed E-state index contributed by atoms with van der Waals surface area (Å²) in [6, 6.07) is 0.993. The second kappa shape index (κ2) is 4.00. The predicted octanol–water partition coefficient (Wildman–Crippen LogP) is 1.02. The minimum atomic E-state index is -0.660. The maximum atomic E-state index is 11.4. The van der Waals surface area contributed by atoms with E-state index >= 15 is 0 Å². The molecule has 0 aromatic rings. The number of carbonyl (C=O) groups is 1.